The normalized spacial score (nSPS) is 26.2. The van der Waals surface area contributed by atoms with Crippen LogP contribution in [0.25, 0.3) is 0 Å². The van der Waals surface area contributed by atoms with E-state index >= 15 is 0 Å². The van der Waals surface area contributed by atoms with Gasteiger partial charge in [-0.1, -0.05) is 42.3 Å². The predicted molar refractivity (Wildman–Crippen MR) is 167 cm³/mol. The summed E-state index contributed by atoms with van der Waals surface area (Å²) < 4.78 is 6.65. The molecule has 5 atom stereocenters. The predicted octanol–water partition coefficient (Wildman–Crippen LogP) is 5.08. The van der Waals surface area contributed by atoms with E-state index < -0.39 is 11.5 Å². The number of aromatic hydroxyl groups is 1. The van der Waals surface area contributed by atoms with Gasteiger partial charge in [0.2, 0.25) is 0 Å². The van der Waals surface area contributed by atoms with Crippen molar-refractivity contribution >= 4 is 11.6 Å². The molecule has 3 aromatic carbocycles. The second-order valence-electron chi connectivity index (χ2n) is 12.9. The van der Waals surface area contributed by atoms with Gasteiger partial charge in [-0.05, 0) is 87.2 Å². The smallest absolute Gasteiger partial charge is 0.298 e. The number of benzene rings is 3. The number of piperidine rings is 1. The Morgan fingerprint density at radius 3 is 2.70 bits per heavy atom. The number of nitro groups is 1. The lowest BCUT2D eigenvalue weighted by molar-refractivity contribution is -0.385. The minimum Gasteiger partial charge on any atom is -0.504 e. The van der Waals surface area contributed by atoms with Crippen LogP contribution in [0.15, 0.2) is 54.6 Å². The number of phenols is 1. The van der Waals surface area contributed by atoms with Gasteiger partial charge >= 0.3 is 0 Å². The standard InChI is InChI=1S/C36H37N3O5/c1-22-9-10-25(19-23(22)2)11-14-32(41)37(3)28-13-12-27-30-20-26-29(39(42)43)21-31(40)34-33(26)36(27,35(28)44-34)16-18-38(30)17-15-24-7-5-4-6-8-24/h4-10,19,21,27-28,30,35,40H,12-13,15-18,20H2,1-3H3/t27-,28-,30+,35-,36-/m0/s1. The zero-order valence-corrected chi connectivity index (χ0v) is 25.4. The molecule has 0 aromatic heterocycles. The van der Waals surface area contributed by atoms with E-state index in [-0.39, 0.29) is 40.3 Å². The Kier molecular flexibility index (Phi) is 6.89. The molecular formula is C36H37N3O5. The van der Waals surface area contributed by atoms with Crippen LogP contribution in [0, 0.1) is 41.7 Å². The fourth-order valence-electron chi connectivity index (χ4n) is 8.60. The first-order valence-electron chi connectivity index (χ1n) is 15.5. The molecule has 2 bridgehead atoms. The highest BCUT2D eigenvalue weighted by Crippen LogP contribution is 2.65. The highest BCUT2D eigenvalue weighted by atomic mass is 16.6. The van der Waals surface area contributed by atoms with Crippen molar-refractivity contribution < 1.29 is 19.6 Å². The summed E-state index contributed by atoms with van der Waals surface area (Å²) >= 11 is 0. The number of carbonyl (C=O) groups excluding carboxylic acids is 1. The number of nitrogens with zero attached hydrogens (tertiary/aromatic N) is 3. The van der Waals surface area contributed by atoms with E-state index in [1.807, 2.05) is 38.1 Å². The van der Waals surface area contributed by atoms with Gasteiger partial charge in [-0.25, -0.2) is 0 Å². The zero-order chi connectivity index (χ0) is 30.7. The summed E-state index contributed by atoms with van der Waals surface area (Å²) in [6.07, 6.45) is 3.39. The molecule has 2 aliphatic heterocycles. The number of ether oxygens (including phenoxy) is 1. The topological polar surface area (TPSA) is 96.2 Å². The minimum absolute atomic E-state index is 0.0379. The molecule has 8 heteroatoms. The first-order chi connectivity index (χ1) is 21.2. The van der Waals surface area contributed by atoms with Gasteiger partial charge < -0.3 is 14.7 Å². The Labute approximate surface area is 257 Å². The first-order valence-corrected chi connectivity index (χ1v) is 15.5. The molecule has 4 aliphatic rings. The lowest BCUT2D eigenvalue weighted by Crippen LogP contribution is -2.69. The molecule has 226 valence electrons. The number of hydrogen-bond donors (Lipinski definition) is 1. The van der Waals surface area contributed by atoms with Crippen molar-refractivity contribution in [3.05, 3.63) is 98.1 Å². The van der Waals surface area contributed by atoms with E-state index in [0.717, 1.165) is 55.5 Å². The van der Waals surface area contributed by atoms with E-state index in [4.69, 9.17) is 4.74 Å². The third kappa shape index (κ3) is 4.36. The Balaban J connectivity index is 1.24. The quantitative estimate of drug-likeness (QED) is 0.253. The molecule has 1 spiro atoms. The minimum atomic E-state index is -0.515. The van der Waals surface area contributed by atoms with Crippen LogP contribution < -0.4 is 4.74 Å². The van der Waals surface area contributed by atoms with Crippen LogP contribution in [0.4, 0.5) is 5.69 Å². The summed E-state index contributed by atoms with van der Waals surface area (Å²) in [4.78, 5) is 29.6. The summed E-state index contributed by atoms with van der Waals surface area (Å²) in [5, 5.41) is 23.3. The van der Waals surface area contributed by atoms with Crippen LogP contribution in [0.1, 0.15) is 52.6 Å². The zero-order valence-electron chi connectivity index (χ0n) is 25.4. The van der Waals surface area contributed by atoms with Gasteiger partial charge in [-0.15, -0.1) is 0 Å². The van der Waals surface area contributed by atoms with Gasteiger partial charge in [0.05, 0.1) is 17.0 Å². The summed E-state index contributed by atoms with van der Waals surface area (Å²) in [6.45, 7) is 5.77. The third-order valence-electron chi connectivity index (χ3n) is 10.9. The maximum absolute atomic E-state index is 13.5. The number of aryl methyl sites for hydroxylation is 2. The van der Waals surface area contributed by atoms with E-state index in [1.54, 1.807) is 11.9 Å². The van der Waals surface area contributed by atoms with Crippen molar-refractivity contribution in [1.82, 2.24) is 9.80 Å². The lowest BCUT2D eigenvalue weighted by atomic mass is 9.50. The lowest BCUT2D eigenvalue weighted by Gasteiger charge is -2.60. The Morgan fingerprint density at radius 1 is 1.16 bits per heavy atom. The average molecular weight is 592 g/mol. The van der Waals surface area contributed by atoms with Crippen LogP contribution in [0.5, 0.6) is 11.5 Å². The highest BCUT2D eigenvalue weighted by Gasteiger charge is 2.67. The van der Waals surface area contributed by atoms with Crippen LogP contribution in [0.3, 0.4) is 0 Å². The molecule has 0 radical (unpaired) electrons. The van der Waals surface area contributed by atoms with Gasteiger partial charge in [0.15, 0.2) is 11.5 Å². The third-order valence-corrected chi connectivity index (χ3v) is 10.9. The van der Waals surface area contributed by atoms with Crippen LogP contribution >= 0.6 is 0 Å². The van der Waals surface area contributed by atoms with Crippen molar-refractivity contribution in [2.24, 2.45) is 5.92 Å². The molecule has 44 heavy (non-hydrogen) atoms. The Bertz CT molecular complexity index is 1730. The highest BCUT2D eigenvalue weighted by molar-refractivity contribution is 5.94. The molecule has 0 unspecified atom stereocenters. The molecule has 1 saturated carbocycles. The maximum atomic E-state index is 13.5. The van der Waals surface area contributed by atoms with E-state index in [1.165, 1.54) is 17.2 Å². The summed E-state index contributed by atoms with van der Waals surface area (Å²) in [6, 6.07) is 17.4. The van der Waals surface area contributed by atoms with Gasteiger partial charge in [-0.2, -0.15) is 0 Å². The largest absolute Gasteiger partial charge is 0.504 e. The molecule has 1 amide bonds. The second kappa shape index (κ2) is 10.7. The fourth-order valence-corrected chi connectivity index (χ4v) is 8.60. The number of hydrogen-bond acceptors (Lipinski definition) is 6. The number of phenolic OH excluding ortho intramolecular Hbond substituents is 1. The number of likely N-dealkylation sites (N-methyl/N-ethyl adjacent to an activating group) is 1. The van der Waals surface area contributed by atoms with Gasteiger partial charge in [0.25, 0.3) is 11.6 Å². The van der Waals surface area contributed by atoms with E-state index in [0.29, 0.717) is 17.7 Å². The summed E-state index contributed by atoms with van der Waals surface area (Å²) in [5.74, 6) is 5.97. The summed E-state index contributed by atoms with van der Waals surface area (Å²) in [7, 11) is 1.78. The molecular weight excluding hydrogens is 554 g/mol. The Morgan fingerprint density at radius 2 is 1.95 bits per heavy atom. The number of amides is 1. The fraction of sp³-hybridized carbons (Fsp3) is 0.417. The monoisotopic (exact) mass is 591 g/mol. The van der Waals surface area contributed by atoms with Crippen molar-refractivity contribution in [1.29, 1.82) is 0 Å². The molecule has 1 saturated heterocycles. The maximum Gasteiger partial charge on any atom is 0.298 e. The van der Waals surface area contributed by atoms with Crippen LogP contribution in [-0.4, -0.2) is 64.1 Å². The van der Waals surface area contributed by atoms with Crippen LogP contribution in [-0.2, 0) is 23.1 Å². The van der Waals surface area contributed by atoms with Crippen molar-refractivity contribution in [3.8, 4) is 23.3 Å². The molecule has 3 aromatic rings. The average Bonchev–Trinajstić information content (AvgIpc) is 3.37. The van der Waals surface area contributed by atoms with Crippen molar-refractivity contribution in [2.75, 3.05) is 20.1 Å². The van der Waals surface area contributed by atoms with Gasteiger partial charge in [0, 0.05) is 47.7 Å². The van der Waals surface area contributed by atoms with Crippen molar-refractivity contribution in [2.45, 2.75) is 69.6 Å². The number of likely N-dealkylation sites (tertiary alicyclic amines) is 1. The van der Waals surface area contributed by atoms with E-state index in [9.17, 15) is 20.0 Å². The van der Waals surface area contributed by atoms with Gasteiger partial charge in [-0.3, -0.25) is 19.8 Å². The number of carbonyl (C=O) groups is 1. The molecule has 2 fully saturated rings. The molecule has 2 heterocycles. The number of rotatable bonds is 5. The molecule has 7 rings (SSSR count). The first kappa shape index (κ1) is 28.4. The summed E-state index contributed by atoms with van der Waals surface area (Å²) in [5.41, 5.74) is 5.30. The molecule has 1 N–H and O–H groups in total. The van der Waals surface area contributed by atoms with Crippen LogP contribution in [0.2, 0.25) is 0 Å². The molecule has 2 aliphatic carbocycles. The number of nitro benzene ring substituents is 1. The van der Waals surface area contributed by atoms with Gasteiger partial charge in [0.1, 0.15) is 6.10 Å². The Hall–Kier alpha value is -4.35. The SMILES string of the molecule is Cc1ccc(C#CC(=O)N(C)[C@H]2CC[C@H]3[C@H]4Cc5c([N+](=O)[O-])cc(O)c6c5[C@@]3(CCN4CCc3ccccc3)[C@H]2O6)cc1C. The van der Waals surface area contributed by atoms with E-state index in [2.05, 4.69) is 41.0 Å². The molecule has 8 nitrogen and oxygen atoms in total. The van der Waals surface area contributed by atoms with Crippen molar-refractivity contribution in [3.63, 3.8) is 0 Å². The second-order valence-corrected chi connectivity index (χ2v) is 12.9.